The molecule has 1 aromatic heterocycles. The number of aryl methyl sites for hydroxylation is 1. The summed E-state index contributed by atoms with van der Waals surface area (Å²) in [6.07, 6.45) is 0. The monoisotopic (exact) mass is 275 g/mol. The molecule has 0 radical (unpaired) electrons. The van der Waals surface area contributed by atoms with Gasteiger partial charge in [-0.15, -0.1) is 0 Å². The summed E-state index contributed by atoms with van der Waals surface area (Å²) in [5.74, 6) is 1.66. The van der Waals surface area contributed by atoms with Crippen LogP contribution in [0.25, 0.3) is 0 Å². The molecule has 108 valence electrons. The lowest BCUT2D eigenvalue weighted by atomic mass is 10.1. The number of ether oxygens (including phenoxy) is 1. The van der Waals surface area contributed by atoms with E-state index in [-0.39, 0.29) is 6.04 Å². The Balaban J connectivity index is 2.13. The molecule has 0 fully saturated rings. The molecule has 0 spiro atoms. The van der Waals surface area contributed by atoms with Crippen LogP contribution < -0.4 is 10.5 Å². The van der Waals surface area contributed by atoms with Crippen LogP contribution in [0, 0.1) is 6.92 Å². The van der Waals surface area contributed by atoms with E-state index in [0.717, 1.165) is 22.8 Å². The van der Waals surface area contributed by atoms with Crippen LogP contribution in [0.5, 0.6) is 5.75 Å². The topological polar surface area (TPSA) is 64.5 Å². The Morgan fingerprint density at radius 3 is 2.80 bits per heavy atom. The molecule has 0 aliphatic heterocycles. The van der Waals surface area contributed by atoms with Crippen molar-refractivity contribution in [3.8, 4) is 5.75 Å². The van der Waals surface area contributed by atoms with Gasteiger partial charge >= 0.3 is 0 Å². The van der Waals surface area contributed by atoms with Gasteiger partial charge in [-0.25, -0.2) is 0 Å². The summed E-state index contributed by atoms with van der Waals surface area (Å²) in [7, 11) is 3.69. The Labute approximate surface area is 119 Å². The molecule has 5 nitrogen and oxygen atoms in total. The minimum Gasteiger partial charge on any atom is -0.497 e. The highest BCUT2D eigenvalue weighted by molar-refractivity contribution is 5.30. The van der Waals surface area contributed by atoms with Crippen molar-refractivity contribution in [2.75, 3.05) is 20.7 Å². The zero-order valence-electron chi connectivity index (χ0n) is 12.2. The third-order valence-electron chi connectivity index (χ3n) is 3.32. The van der Waals surface area contributed by atoms with Crippen molar-refractivity contribution >= 4 is 0 Å². The second kappa shape index (κ2) is 6.54. The van der Waals surface area contributed by atoms with Crippen LogP contribution in [0.15, 0.2) is 34.9 Å². The van der Waals surface area contributed by atoms with Gasteiger partial charge in [0.05, 0.1) is 12.8 Å². The van der Waals surface area contributed by atoms with E-state index in [0.29, 0.717) is 13.1 Å². The smallest absolute Gasteiger partial charge is 0.133 e. The summed E-state index contributed by atoms with van der Waals surface area (Å²) in [6, 6.07) is 10.0. The normalized spacial score (nSPS) is 12.7. The summed E-state index contributed by atoms with van der Waals surface area (Å²) in [4.78, 5) is 2.16. The van der Waals surface area contributed by atoms with Crippen molar-refractivity contribution in [1.82, 2.24) is 10.1 Å². The van der Waals surface area contributed by atoms with E-state index >= 15 is 0 Å². The molecule has 1 unspecified atom stereocenters. The second-order valence-electron chi connectivity index (χ2n) is 4.87. The van der Waals surface area contributed by atoms with Crippen molar-refractivity contribution in [3.63, 3.8) is 0 Å². The highest BCUT2D eigenvalue weighted by Gasteiger charge is 2.17. The summed E-state index contributed by atoms with van der Waals surface area (Å²) in [5, 5.41) is 4.02. The van der Waals surface area contributed by atoms with Crippen LogP contribution in [0.2, 0.25) is 0 Å². The van der Waals surface area contributed by atoms with E-state index in [1.165, 1.54) is 0 Å². The number of rotatable bonds is 6. The maximum Gasteiger partial charge on any atom is 0.133 e. The number of methoxy groups -OCH3 is 1. The van der Waals surface area contributed by atoms with Gasteiger partial charge in [-0.05, 0) is 31.7 Å². The highest BCUT2D eigenvalue weighted by Crippen LogP contribution is 2.23. The summed E-state index contributed by atoms with van der Waals surface area (Å²) < 4.78 is 10.4. The van der Waals surface area contributed by atoms with Gasteiger partial charge in [0.25, 0.3) is 0 Å². The van der Waals surface area contributed by atoms with Gasteiger partial charge in [0.1, 0.15) is 11.5 Å². The lowest BCUT2D eigenvalue weighted by molar-refractivity contribution is 0.233. The van der Waals surface area contributed by atoms with E-state index in [1.54, 1.807) is 7.11 Å². The lowest BCUT2D eigenvalue weighted by Gasteiger charge is -2.26. The standard InChI is InChI=1S/C15H21N3O2/c1-11-7-13(17-20-11)10-18(2)15(9-16)12-5-4-6-14(8-12)19-3/h4-8,15H,9-10,16H2,1-3H3. The van der Waals surface area contributed by atoms with E-state index in [4.69, 9.17) is 15.0 Å². The second-order valence-corrected chi connectivity index (χ2v) is 4.87. The predicted octanol–water partition coefficient (Wildman–Crippen LogP) is 2.12. The fourth-order valence-corrected chi connectivity index (χ4v) is 2.28. The molecule has 0 amide bonds. The molecule has 2 N–H and O–H groups in total. The number of hydrogen-bond donors (Lipinski definition) is 1. The van der Waals surface area contributed by atoms with Crippen LogP contribution in [-0.4, -0.2) is 30.8 Å². The summed E-state index contributed by atoms with van der Waals surface area (Å²) in [5.41, 5.74) is 7.97. The zero-order valence-corrected chi connectivity index (χ0v) is 12.2. The first kappa shape index (κ1) is 14.6. The maximum absolute atomic E-state index is 5.93. The van der Waals surface area contributed by atoms with Gasteiger partial charge in [-0.2, -0.15) is 0 Å². The number of nitrogens with two attached hydrogens (primary N) is 1. The Kier molecular flexibility index (Phi) is 4.76. The first-order valence-electron chi connectivity index (χ1n) is 6.60. The molecular formula is C15H21N3O2. The van der Waals surface area contributed by atoms with Crippen molar-refractivity contribution in [3.05, 3.63) is 47.3 Å². The molecule has 0 aliphatic carbocycles. The van der Waals surface area contributed by atoms with Crippen molar-refractivity contribution in [2.45, 2.75) is 19.5 Å². The first-order chi connectivity index (χ1) is 9.63. The molecule has 2 rings (SSSR count). The van der Waals surface area contributed by atoms with Crippen LogP contribution in [0.3, 0.4) is 0 Å². The molecule has 0 bridgehead atoms. The largest absolute Gasteiger partial charge is 0.497 e. The Hall–Kier alpha value is -1.85. The van der Waals surface area contributed by atoms with Gasteiger partial charge in [-0.3, -0.25) is 4.90 Å². The van der Waals surface area contributed by atoms with Gasteiger partial charge in [0, 0.05) is 25.2 Å². The minimum atomic E-state index is 0.113. The predicted molar refractivity (Wildman–Crippen MR) is 77.5 cm³/mol. The van der Waals surface area contributed by atoms with Gasteiger partial charge in [0.15, 0.2) is 0 Å². The number of aromatic nitrogens is 1. The molecule has 20 heavy (non-hydrogen) atoms. The van der Waals surface area contributed by atoms with Crippen molar-refractivity contribution < 1.29 is 9.26 Å². The van der Waals surface area contributed by atoms with Gasteiger partial charge in [0.2, 0.25) is 0 Å². The van der Waals surface area contributed by atoms with Crippen LogP contribution in [-0.2, 0) is 6.54 Å². The van der Waals surface area contributed by atoms with Crippen molar-refractivity contribution in [1.29, 1.82) is 0 Å². The van der Waals surface area contributed by atoms with Crippen LogP contribution >= 0.6 is 0 Å². The third kappa shape index (κ3) is 3.37. The van der Waals surface area contributed by atoms with E-state index < -0.39 is 0 Å². The fraction of sp³-hybridized carbons (Fsp3) is 0.400. The molecule has 5 heteroatoms. The molecule has 1 aromatic carbocycles. The third-order valence-corrected chi connectivity index (χ3v) is 3.32. The maximum atomic E-state index is 5.93. The number of benzene rings is 1. The molecule has 1 atom stereocenters. The summed E-state index contributed by atoms with van der Waals surface area (Å²) in [6.45, 7) is 3.11. The van der Waals surface area contributed by atoms with E-state index in [9.17, 15) is 0 Å². The number of hydrogen-bond acceptors (Lipinski definition) is 5. The first-order valence-corrected chi connectivity index (χ1v) is 6.60. The van der Waals surface area contributed by atoms with Crippen LogP contribution in [0.1, 0.15) is 23.1 Å². The quantitative estimate of drug-likeness (QED) is 0.875. The molecule has 1 heterocycles. The van der Waals surface area contributed by atoms with Gasteiger partial charge < -0.3 is 15.0 Å². The molecule has 0 saturated heterocycles. The average molecular weight is 275 g/mol. The van der Waals surface area contributed by atoms with Crippen LogP contribution in [0.4, 0.5) is 0 Å². The number of likely N-dealkylation sites (N-methyl/N-ethyl adjacent to an activating group) is 1. The van der Waals surface area contributed by atoms with Gasteiger partial charge in [-0.1, -0.05) is 17.3 Å². The Morgan fingerprint density at radius 1 is 1.40 bits per heavy atom. The summed E-state index contributed by atoms with van der Waals surface area (Å²) >= 11 is 0. The molecule has 0 aliphatic rings. The SMILES string of the molecule is COc1cccc(C(CN)N(C)Cc2cc(C)on2)c1. The van der Waals surface area contributed by atoms with E-state index in [2.05, 4.69) is 16.1 Å². The Bertz CT molecular complexity index is 554. The molecule has 0 saturated carbocycles. The zero-order chi connectivity index (χ0) is 14.5. The Morgan fingerprint density at radius 2 is 2.20 bits per heavy atom. The fourth-order valence-electron chi connectivity index (χ4n) is 2.28. The molecule has 2 aromatic rings. The highest BCUT2D eigenvalue weighted by atomic mass is 16.5. The molecular weight excluding hydrogens is 254 g/mol. The number of nitrogens with zero attached hydrogens (tertiary/aromatic N) is 2. The average Bonchev–Trinajstić information content (AvgIpc) is 2.85. The lowest BCUT2D eigenvalue weighted by Crippen LogP contribution is -2.30. The van der Waals surface area contributed by atoms with Crippen molar-refractivity contribution in [2.24, 2.45) is 5.73 Å². The minimum absolute atomic E-state index is 0.113. The van der Waals surface area contributed by atoms with E-state index in [1.807, 2.05) is 38.2 Å².